The number of nitrogens with one attached hydrogen (secondary N) is 1. The highest BCUT2D eigenvalue weighted by Gasteiger charge is 2.54. The predicted molar refractivity (Wildman–Crippen MR) is 155 cm³/mol. The zero-order chi connectivity index (χ0) is 29.1. The van der Waals surface area contributed by atoms with Crippen molar-refractivity contribution in [3.8, 4) is 0 Å². The number of thiazole rings is 1. The smallest absolute Gasteiger partial charge is 0.449 e. The van der Waals surface area contributed by atoms with Gasteiger partial charge in [-0.25, -0.2) is 14.8 Å². The van der Waals surface area contributed by atoms with E-state index < -0.39 is 29.4 Å². The first-order valence-corrected chi connectivity index (χ1v) is 15.1. The van der Waals surface area contributed by atoms with E-state index in [-0.39, 0.29) is 29.0 Å². The lowest BCUT2D eigenvalue weighted by Gasteiger charge is -2.49. The minimum Gasteiger partial charge on any atom is -0.449 e. The molecule has 0 saturated carbocycles. The van der Waals surface area contributed by atoms with Crippen LogP contribution in [0, 0.1) is 0 Å². The van der Waals surface area contributed by atoms with Crippen LogP contribution in [0.25, 0.3) is 5.65 Å². The van der Waals surface area contributed by atoms with E-state index >= 15 is 0 Å². The van der Waals surface area contributed by atoms with E-state index in [1.807, 2.05) is 47.8 Å². The maximum absolute atomic E-state index is 13.2. The fraction of sp³-hybridized carbons (Fsp3) is 0.333. The lowest BCUT2D eigenvalue weighted by atomic mass is 10.1. The molecule has 0 unspecified atom stereocenters. The summed E-state index contributed by atoms with van der Waals surface area (Å²) in [6, 6.07) is 4.76. The van der Waals surface area contributed by atoms with Gasteiger partial charge in [-0.15, -0.1) is 34.9 Å². The van der Waals surface area contributed by atoms with Crippen molar-refractivity contribution in [2.24, 2.45) is 5.16 Å². The van der Waals surface area contributed by atoms with Crippen molar-refractivity contribution >= 4 is 69.3 Å². The monoisotopic (exact) mass is 618 g/mol. The Labute approximate surface area is 246 Å². The Kier molecular flexibility index (Phi) is 8.67. The summed E-state index contributed by atoms with van der Waals surface area (Å²) in [4.78, 5) is 54.9. The molecule has 5 heterocycles. The molecule has 1 saturated heterocycles. The Morgan fingerprint density at radius 1 is 1.37 bits per heavy atom. The second-order valence-corrected chi connectivity index (χ2v) is 12.1. The van der Waals surface area contributed by atoms with Crippen molar-refractivity contribution < 1.29 is 29.1 Å². The molecule has 0 radical (unpaired) electrons. The number of carboxylic acid groups (broad SMARTS) is 1. The lowest BCUT2D eigenvalue weighted by Crippen LogP contribution is -2.70. The summed E-state index contributed by atoms with van der Waals surface area (Å²) in [5.41, 5.74) is 7.27. The second kappa shape index (κ2) is 12.4. The number of ether oxygens (including phenoxy) is 1. The number of fused-ring (bicyclic) bond motifs is 2. The van der Waals surface area contributed by atoms with Gasteiger partial charge < -0.3 is 30.6 Å². The summed E-state index contributed by atoms with van der Waals surface area (Å²) in [7, 11) is 3.75. The quantitative estimate of drug-likeness (QED) is 0.0710. The van der Waals surface area contributed by atoms with Crippen molar-refractivity contribution in [1.82, 2.24) is 29.5 Å². The van der Waals surface area contributed by atoms with Crippen LogP contribution in [0.1, 0.15) is 5.69 Å². The number of rotatable bonds is 11. The molecule has 2 aliphatic rings. The molecule has 216 valence electrons. The molecule has 5 rings (SSSR count). The van der Waals surface area contributed by atoms with Crippen molar-refractivity contribution in [3.05, 3.63) is 53.1 Å². The molecule has 17 heteroatoms. The molecule has 1 fully saturated rings. The number of nitrogens with zero attached hydrogens (tertiary/aromatic N) is 6. The minimum atomic E-state index is -1.53. The molecule has 3 aromatic heterocycles. The zero-order valence-electron chi connectivity index (χ0n) is 21.9. The van der Waals surface area contributed by atoms with Gasteiger partial charge in [-0.2, -0.15) is 0 Å². The number of β-lactam (4-membered cyclic amide) rings is 1. The number of oxime groups is 1. The van der Waals surface area contributed by atoms with E-state index in [1.165, 1.54) is 28.4 Å². The van der Waals surface area contributed by atoms with E-state index in [0.717, 1.165) is 22.0 Å². The Morgan fingerprint density at radius 3 is 2.93 bits per heavy atom. The minimum absolute atomic E-state index is 0.0322. The van der Waals surface area contributed by atoms with E-state index in [9.17, 15) is 19.5 Å². The third-order valence-corrected chi connectivity index (χ3v) is 9.15. The van der Waals surface area contributed by atoms with Gasteiger partial charge in [-0.1, -0.05) is 11.2 Å². The van der Waals surface area contributed by atoms with Crippen LogP contribution >= 0.6 is 34.9 Å². The van der Waals surface area contributed by atoms with Gasteiger partial charge in [-0.3, -0.25) is 18.9 Å². The normalized spacial score (nSPS) is 18.9. The number of amides is 2. The van der Waals surface area contributed by atoms with Crippen LogP contribution < -0.4 is 11.1 Å². The Morgan fingerprint density at radius 2 is 2.20 bits per heavy atom. The van der Waals surface area contributed by atoms with Crippen LogP contribution in [-0.2, 0) is 19.2 Å². The van der Waals surface area contributed by atoms with Gasteiger partial charge in [0.25, 0.3) is 11.8 Å². The van der Waals surface area contributed by atoms with Crippen molar-refractivity contribution in [2.45, 2.75) is 16.4 Å². The number of hydrogen-bond acceptors (Lipinski definition) is 13. The Hall–Kier alpha value is -3.80. The van der Waals surface area contributed by atoms with Gasteiger partial charge in [0.15, 0.2) is 10.8 Å². The van der Waals surface area contributed by atoms with E-state index in [2.05, 4.69) is 20.4 Å². The SMILES string of the molecule is CN(C)CCO/N=C(\C(=O)N[C@@H]1C(=O)N2C(OC(=O)O)=C(CSc3cccc4nccn34)CS[C@@H]12)c1csc(N)n1. The summed E-state index contributed by atoms with van der Waals surface area (Å²) in [6.45, 7) is 0.804. The summed E-state index contributed by atoms with van der Waals surface area (Å²) >= 11 is 4.01. The van der Waals surface area contributed by atoms with Crippen LogP contribution in [0.15, 0.2) is 57.6 Å². The van der Waals surface area contributed by atoms with Gasteiger partial charge in [0, 0.05) is 41.4 Å². The van der Waals surface area contributed by atoms with Crippen LogP contribution in [-0.4, -0.2) is 103 Å². The third-order valence-electron chi connectivity index (χ3n) is 6.01. The van der Waals surface area contributed by atoms with Crippen LogP contribution in [0.4, 0.5) is 9.93 Å². The average molecular weight is 619 g/mol. The molecule has 0 bridgehead atoms. The number of anilines is 1. The van der Waals surface area contributed by atoms with Gasteiger partial charge in [0.2, 0.25) is 5.88 Å². The number of pyridine rings is 1. The van der Waals surface area contributed by atoms with Crippen LogP contribution in [0.3, 0.4) is 0 Å². The van der Waals surface area contributed by atoms with E-state index in [4.69, 9.17) is 15.3 Å². The molecular weight excluding hydrogens is 593 g/mol. The lowest BCUT2D eigenvalue weighted by molar-refractivity contribution is -0.148. The van der Waals surface area contributed by atoms with E-state index in [0.29, 0.717) is 23.6 Å². The summed E-state index contributed by atoms with van der Waals surface area (Å²) < 4.78 is 7.02. The Bertz CT molecular complexity index is 1540. The molecule has 2 amide bonds. The second-order valence-electron chi connectivity index (χ2n) is 9.09. The first-order chi connectivity index (χ1) is 19.7. The molecule has 41 heavy (non-hydrogen) atoms. The molecular formula is C24H26N8O6S3. The molecule has 0 aliphatic carbocycles. The first-order valence-electron chi connectivity index (χ1n) is 12.2. The maximum Gasteiger partial charge on any atom is 0.512 e. The van der Waals surface area contributed by atoms with Gasteiger partial charge in [0.05, 0.1) is 5.03 Å². The summed E-state index contributed by atoms with van der Waals surface area (Å²) in [6.07, 6.45) is 2.00. The highest BCUT2D eigenvalue weighted by Crippen LogP contribution is 2.42. The van der Waals surface area contributed by atoms with Crippen LogP contribution in [0.2, 0.25) is 0 Å². The Balaban J connectivity index is 1.31. The summed E-state index contributed by atoms with van der Waals surface area (Å²) in [5.74, 6) is -0.425. The van der Waals surface area contributed by atoms with Gasteiger partial charge in [-0.05, 0) is 26.2 Å². The number of thioether (sulfide) groups is 2. The molecule has 0 spiro atoms. The molecule has 0 aromatic carbocycles. The summed E-state index contributed by atoms with van der Waals surface area (Å²) in [5, 5.41) is 18.2. The standard InChI is InChI=1S/C24H26N8O6S3/c1-30(2)8-9-37-29-17(14-12-41-23(25)27-14)19(33)28-18-20(34)32-21(38-24(35)36)13(11-40-22(18)32)10-39-16-5-3-4-15-26-6-7-31(15)16/h3-7,12,18,22H,8-11H2,1-2H3,(H2,25,27)(H,28,33)(H,35,36)/b29-17-/t18-,22+/m1/s1. The topological polar surface area (TPSA) is 177 Å². The first kappa shape index (κ1) is 28.7. The highest BCUT2D eigenvalue weighted by molar-refractivity contribution is 8.01. The zero-order valence-corrected chi connectivity index (χ0v) is 24.4. The van der Waals surface area contributed by atoms with Crippen molar-refractivity contribution in [2.75, 3.05) is 44.5 Å². The average Bonchev–Trinajstić information content (AvgIpc) is 3.59. The molecule has 2 atom stereocenters. The molecule has 3 aromatic rings. The number of carbonyl (C=O) groups excluding carboxylic acids is 2. The number of hydrogen-bond donors (Lipinski definition) is 3. The molecule has 14 nitrogen and oxygen atoms in total. The fourth-order valence-electron chi connectivity index (χ4n) is 4.05. The largest absolute Gasteiger partial charge is 0.512 e. The third kappa shape index (κ3) is 6.27. The maximum atomic E-state index is 13.2. The molecule has 2 aliphatic heterocycles. The van der Waals surface area contributed by atoms with Gasteiger partial charge in [0.1, 0.15) is 29.4 Å². The van der Waals surface area contributed by atoms with Crippen molar-refractivity contribution in [1.29, 1.82) is 0 Å². The number of likely N-dealkylation sites (N-methyl/N-ethyl adjacent to an activating group) is 1. The van der Waals surface area contributed by atoms with Crippen molar-refractivity contribution in [3.63, 3.8) is 0 Å². The number of nitrogens with two attached hydrogens (primary N) is 1. The van der Waals surface area contributed by atoms with Crippen LogP contribution in [0.5, 0.6) is 0 Å². The number of carbonyl (C=O) groups is 3. The van der Waals surface area contributed by atoms with E-state index in [1.54, 1.807) is 11.6 Å². The van der Waals surface area contributed by atoms with Gasteiger partial charge >= 0.3 is 6.16 Å². The number of nitrogen functional groups attached to an aromatic ring is 1. The number of aromatic nitrogens is 3. The molecule has 4 N–H and O–H groups in total. The fourth-order valence-corrected chi connectivity index (χ4v) is 7.07. The highest BCUT2D eigenvalue weighted by atomic mass is 32.2. The predicted octanol–water partition coefficient (Wildman–Crippen LogP) is 1.75. The number of imidazole rings is 1.